The summed E-state index contributed by atoms with van der Waals surface area (Å²) in [5, 5.41) is 0. The number of sulfonamides is 1. The number of hydrogen-bond acceptors (Lipinski definition) is 5. The van der Waals surface area contributed by atoms with Crippen LogP contribution in [0.25, 0.3) is 0 Å². The van der Waals surface area contributed by atoms with Gasteiger partial charge in [-0.25, -0.2) is 8.42 Å². The first-order chi connectivity index (χ1) is 11.4. The molecule has 0 atom stereocenters. The van der Waals surface area contributed by atoms with E-state index in [9.17, 15) is 13.2 Å². The normalized spacial score (nSPS) is 21.9. The van der Waals surface area contributed by atoms with Crippen molar-refractivity contribution in [2.24, 2.45) is 11.3 Å². The van der Waals surface area contributed by atoms with Gasteiger partial charge in [-0.15, -0.1) is 0 Å². The predicted octanol–water partition coefficient (Wildman–Crippen LogP) is 1.67. The molecule has 0 radical (unpaired) electrons. The van der Waals surface area contributed by atoms with Crippen molar-refractivity contribution in [2.75, 3.05) is 32.9 Å². The molecule has 2 fully saturated rings. The Labute approximate surface area is 142 Å². The molecule has 0 bridgehead atoms. The number of esters is 1. The first-order valence-electron chi connectivity index (χ1n) is 8.20. The van der Waals surface area contributed by atoms with Crippen LogP contribution in [0.5, 0.6) is 0 Å². The first-order valence-corrected chi connectivity index (χ1v) is 9.64. The van der Waals surface area contributed by atoms with E-state index in [1.807, 2.05) is 6.92 Å². The lowest BCUT2D eigenvalue weighted by Crippen LogP contribution is -2.45. The fourth-order valence-corrected chi connectivity index (χ4v) is 4.46. The van der Waals surface area contributed by atoms with E-state index in [2.05, 4.69) is 0 Å². The molecule has 3 rings (SSSR count). The van der Waals surface area contributed by atoms with Gasteiger partial charge in [0.2, 0.25) is 10.0 Å². The van der Waals surface area contributed by atoms with Crippen molar-refractivity contribution in [1.29, 1.82) is 0 Å². The highest BCUT2D eigenvalue weighted by Gasteiger charge is 2.37. The third-order valence-corrected chi connectivity index (χ3v) is 6.55. The molecule has 24 heavy (non-hydrogen) atoms. The fourth-order valence-electron chi connectivity index (χ4n) is 2.97. The van der Waals surface area contributed by atoms with E-state index in [0.29, 0.717) is 50.6 Å². The third kappa shape index (κ3) is 3.63. The molecule has 132 valence electrons. The van der Waals surface area contributed by atoms with Gasteiger partial charge in [0.25, 0.3) is 0 Å². The summed E-state index contributed by atoms with van der Waals surface area (Å²) in [6.07, 6.45) is 0.996. The van der Waals surface area contributed by atoms with Crippen LogP contribution in [0.4, 0.5) is 0 Å². The van der Waals surface area contributed by atoms with Gasteiger partial charge in [-0.2, -0.15) is 4.31 Å². The molecule has 2 aliphatic heterocycles. The predicted molar refractivity (Wildman–Crippen MR) is 87.8 cm³/mol. The zero-order valence-corrected chi connectivity index (χ0v) is 14.6. The molecule has 0 saturated carbocycles. The Morgan fingerprint density at radius 3 is 2.42 bits per heavy atom. The minimum Gasteiger partial charge on any atom is -0.465 e. The summed E-state index contributed by atoms with van der Waals surface area (Å²) in [4.78, 5) is 12.5. The zero-order valence-electron chi connectivity index (χ0n) is 13.8. The van der Waals surface area contributed by atoms with Crippen molar-refractivity contribution in [3.63, 3.8) is 0 Å². The standard InChI is InChI=1S/C17H23NO5S/c1-17(11-22-12-17)13-23-16(19)14-7-9-18(10-8-14)24(20,21)15-5-3-2-4-6-15/h2-6,14H,7-13H2,1H3. The van der Waals surface area contributed by atoms with E-state index in [-0.39, 0.29) is 17.3 Å². The van der Waals surface area contributed by atoms with Crippen LogP contribution in [0.3, 0.4) is 0 Å². The Kier molecular flexibility index (Phi) is 4.94. The monoisotopic (exact) mass is 353 g/mol. The molecule has 0 spiro atoms. The molecule has 6 nitrogen and oxygen atoms in total. The van der Waals surface area contributed by atoms with Crippen LogP contribution in [-0.2, 0) is 24.3 Å². The van der Waals surface area contributed by atoms with Gasteiger partial charge < -0.3 is 9.47 Å². The average molecular weight is 353 g/mol. The van der Waals surface area contributed by atoms with Gasteiger partial charge in [-0.1, -0.05) is 25.1 Å². The zero-order chi connectivity index (χ0) is 17.2. The summed E-state index contributed by atoms with van der Waals surface area (Å²) in [5.41, 5.74) is -0.0625. The molecule has 0 aliphatic carbocycles. The first kappa shape index (κ1) is 17.4. The van der Waals surface area contributed by atoms with Crippen molar-refractivity contribution in [2.45, 2.75) is 24.7 Å². The lowest BCUT2D eigenvalue weighted by molar-refractivity contribution is -0.170. The molecule has 0 amide bonds. The Hall–Kier alpha value is -1.44. The number of hydrogen-bond donors (Lipinski definition) is 0. The van der Waals surface area contributed by atoms with Gasteiger partial charge in [0.05, 0.1) is 24.0 Å². The van der Waals surface area contributed by atoms with Gasteiger partial charge in [-0.3, -0.25) is 4.79 Å². The molecule has 7 heteroatoms. The van der Waals surface area contributed by atoms with Crippen LogP contribution in [0.2, 0.25) is 0 Å². The maximum absolute atomic E-state index is 12.6. The molecule has 2 heterocycles. The van der Waals surface area contributed by atoms with Gasteiger partial charge in [0.1, 0.15) is 6.61 Å². The number of carbonyl (C=O) groups excluding carboxylic acids is 1. The molecular weight excluding hydrogens is 330 g/mol. The summed E-state index contributed by atoms with van der Waals surface area (Å²) in [5.74, 6) is -0.447. The molecule has 1 aromatic rings. The minimum atomic E-state index is -3.48. The molecule has 0 aromatic heterocycles. The second-order valence-corrected chi connectivity index (χ2v) is 8.84. The van der Waals surface area contributed by atoms with Crippen molar-refractivity contribution in [3.8, 4) is 0 Å². The summed E-state index contributed by atoms with van der Waals surface area (Å²) in [7, 11) is -3.48. The topological polar surface area (TPSA) is 72.9 Å². The number of ether oxygens (including phenoxy) is 2. The van der Waals surface area contributed by atoms with Gasteiger partial charge in [0, 0.05) is 18.5 Å². The lowest BCUT2D eigenvalue weighted by Gasteiger charge is -2.37. The summed E-state index contributed by atoms with van der Waals surface area (Å²) >= 11 is 0. The second kappa shape index (κ2) is 6.82. The molecule has 2 aliphatic rings. The van der Waals surface area contributed by atoms with Crippen LogP contribution >= 0.6 is 0 Å². The second-order valence-electron chi connectivity index (χ2n) is 6.90. The summed E-state index contributed by atoms with van der Waals surface area (Å²) in [6, 6.07) is 8.40. The van der Waals surface area contributed by atoms with Crippen molar-refractivity contribution in [3.05, 3.63) is 30.3 Å². The van der Waals surface area contributed by atoms with Crippen LogP contribution in [0, 0.1) is 11.3 Å². The molecule has 1 aromatic carbocycles. The van der Waals surface area contributed by atoms with E-state index in [1.54, 1.807) is 30.3 Å². The van der Waals surface area contributed by atoms with Crippen LogP contribution in [-0.4, -0.2) is 51.6 Å². The molecule has 0 N–H and O–H groups in total. The van der Waals surface area contributed by atoms with Gasteiger partial charge in [-0.05, 0) is 25.0 Å². The number of nitrogens with zero attached hydrogens (tertiary/aromatic N) is 1. The molecule has 2 saturated heterocycles. The Balaban J connectivity index is 1.53. The van der Waals surface area contributed by atoms with Gasteiger partial charge >= 0.3 is 5.97 Å². The Bertz CT molecular complexity index is 676. The Morgan fingerprint density at radius 2 is 1.88 bits per heavy atom. The van der Waals surface area contributed by atoms with E-state index in [0.717, 1.165) is 0 Å². The largest absolute Gasteiger partial charge is 0.465 e. The number of piperidine rings is 1. The van der Waals surface area contributed by atoms with Crippen LogP contribution in [0.15, 0.2) is 35.2 Å². The maximum atomic E-state index is 12.6. The van der Waals surface area contributed by atoms with E-state index in [4.69, 9.17) is 9.47 Å². The highest BCUT2D eigenvalue weighted by atomic mass is 32.2. The fraction of sp³-hybridized carbons (Fsp3) is 0.588. The Morgan fingerprint density at radius 1 is 1.25 bits per heavy atom. The molecular formula is C17H23NO5S. The smallest absolute Gasteiger partial charge is 0.309 e. The highest BCUT2D eigenvalue weighted by Crippen LogP contribution is 2.28. The quantitative estimate of drug-likeness (QED) is 0.753. The van der Waals surface area contributed by atoms with E-state index >= 15 is 0 Å². The average Bonchev–Trinajstić information content (AvgIpc) is 2.59. The third-order valence-electron chi connectivity index (χ3n) is 4.63. The number of rotatable bonds is 5. The highest BCUT2D eigenvalue weighted by molar-refractivity contribution is 7.89. The number of carbonyl (C=O) groups is 1. The lowest BCUT2D eigenvalue weighted by atomic mass is 9.90. The SMILES string of the molecule is CC1(COC(=O)C2CCN(S(=O)(=O)c3ccccc3)CC2)COC1. The molecule has 0 unspecified atom stereocenters. The van der Waals surface area contributed by atoms with E-state index < -0.39 is 10.0 Å². The maximum Gasteiger partial charge on any atom is 0.309 e. The van der Waals surface area contributed by atoms with Crippen LogP contribution < -0.4 is 0 Å². The van der Waals surface area contributed by atoms with Crippen molar-refractivity contribution >= 4 is 16.0 Å². The van der Waals surface area contributed by atoms with Crippen molar-refractivity contribution in [1.82, 2.24) is 4.31 Å². The minimum absolute atomic E-state index is 0.0625. The summed E-state index contributed by atoms with van der Waals surface area (Å²) < 4.78 is 37.1. The van der Waals surface area contributed by atoms with Crippen LogP contribution in [0.1, 0.15) is 19.8 Å². The van der Waals surface area contributed by atoms with Gasteiger partial charge in [0.15, 0.2) is 0 Å². The summed E-state index contributed by atoms with van der Waals surface area (Å²) in [6.45, 7) is 4.32. The van der Waals surface area contributed by atoms with E-state index in [1.165, 1.54) is 4.31 Å². The number of benzene rings is 1. The van der Waals surface area contributed by atoms with Crippen molar-refractivity contribution < 1.29 is 22.7 Å².